The molecule has 0 saturated heterocycles. The van der Waals surface area contributed by atoms with E-state index in [2.05, 4.69) is 10.6 Å². The summed E-state index contributed by atoms with van der Waals surface area (Å²) in [4.78, 5) is 36.4. The molecule has 0 heterocycles. The van der Waals surface area contributed by atoms with Gasteiger partial charge in [0.05, 0.1) is 10.0 Å². The van der Waals surface area contributed by atoms with Gasteiger partial charge in [-0.25, -0.2) is 0 Å². The van der Waals surface area contributed by atoms with Gasteiger partial charge in [0.2, 0.25) is 0 Å². The van der Waals surface area contributed by atoms with E-state index in [9.17, 15) is 14.4 Å². The van der Waals surface area contributed by atoms with Gasteiger partial charge in [0.1, 0.15) is 5.70 Å². The first kappa shape index (κ1) is 26.0. The number of hydrogen-bond donors (Lipinski definition) is 3. The maximum Gasteiger partial charge on any atom is 0.303 e. The molecular formula is C27H24Cl2N2O4. The summed E-state index contributed by atoms with van der Waals surface area (Å²) in [7, 11) is 0. The molecule has 0 aliphatic carbocycles. The third-order valence-electron chi connectivity index (χ3n) is 5.10. The molecule has 0 atom stereocenters. The van der Waals surface area contributed by atoms with Crippen LogP contribution in [0.2, 0.25) is 10.0 Å². The first-order valence-corrected chi connectivity index (χ1v) is 11.7. The smallest absolute Gasteiger partial charge is 0.303 e. The molecule has 3 rings (SSSR count). The average Bonchev–Trinajstić information content (AvgIpc) is 2.86. The minimum atomic E-state index is -0.887. The number of hydrogen-bond acceptors (Lipinski definition) is 3. The molecule has 35 heavy (non-hydrogen) atoms. The molecule has 0 aromatic heterocycles. The second kappa shape index (κ2) is 12.7. The van der Waals surface area contributed by atoms with Crippen molar-refractivity contribution < 1.29 is 19.5 Å². The number of rotatable bonds is 10. The molecule has 6 nitrogen and oxygen atoms in total. The van der Waals surface area contributed by atoms with Gasteiger partial charge in [0, 0.05) is 18.5 Å². The minimum Gasteiger partial charge on any atom is -0.481 e. The van der Waals surface area contributed by atoms with Crippen LogP contribution in [-0.2, 0) is 9.59 Å². The molecule has 3 aromatic rings. The zero-order valence-corrected chi connectivity index (χ0v) is 20.3. The van der Waals surface area contributed by atoms with Crippen molar-refractivity contribution in [2.45, 2.75) is 19.3 Å². The van der Waals surface area contributed by atoms with Crippen molar-refractivity contribution in [2.75, 3.05) is 6.54 Å². The SMILES string of the molecule is O=C(O)CCCCNC(=O)C(=Cc1ccc(Cl)c(Cl)c1)NC(=O)c1ccc(-c2ccccc2)cc1. The maximum atomic E-state index is 12.9. The Morgan fingerprint density at radius 3 is 2.17 bits per heavy atom. The number of carbonyl (C=O) groups is 3. The number of halogens is 2. The van der Waals surface area contributed by atoms with Crippen molar-refractivity contribution >= 4 is 47.1 Å². The summed E-state index contributed by atoms with van der Waals surface area (Å²) in [5.41, 5.74) is 2.99. The summed E-state index contributed by atoms with van der Waals surface area (Å²) < 4.78 is 0. The summed E-state index contributed by atoms with van der Waals surface area (Å²) in [6, 6.07) is 21.7. The molecule has 0 aliphatic heterocycles. The fraction of sp³-hybridized carbons (Fsp3) is 0.148. The number of aliphatic carboxylic acids is 1. The predicted octanol–water partition coefficient (Wildman–Crippen LogP) is 5.80. The molecule has 0 radical (unpaired) electrons. The highest BCUT2D eigenvalue weighted by atomic mass is 35.5. The topological polar surface area (TPSA) is 95.5 Å². The van der Waals surface area contributed by atoms with Crippen LogP contribution in [0.3, 0.4) is 0 Å². The fourth-order valence-corrected chi connectivity index (χ4v) is 3.57. The van der Waals surface area contributed by atoms with Crippen LogP contribution < -0.4 is 10.6 Å². The van der Waals surface area contributed by atoms with Gasteiger partial charge in [-0.2, -0.15) is 0 Å². The molecule has 0 unspecified atom stereocenters. The molecule has 3 aromatic carbocycles. The number of amides is 2. The highest BCUT2D eigenvalue weighted by molar-refractivity contribution is 6.42. The lowest BCUT2D eigenvalue weighted by molar-refractivity contribution is -0.137. The van der Waals surface area contributed by atoms with E-state index in [0.717, 1.165) is 11.1 Å². The van der Waals surface area contributed by atoms with Crippen molar-refractivity contribution in [1.29, 1.82) is 0 Å². The highest BCUT2D eigenvalue weighted by Crippen LogP contribution is 2.24. The van der Waals surface area contributed by atoms with E-state index >= 15 is 0 Å². The van der Waals surface area contributed by atoms with Crippen molar-refractivity contribution in [2.24, 2.45) is 0 Å². The van der Waals surface area contributed by atoms with Crippen molar-refractivity contribution in [3.63, 3.8) is 0 Å². The lowest BCUT2D eigenvalue weighted by Gasteiger charge is -2.12. The summed E-state index contributed by atoms with van der Waals surface area (Å²) in [5.74, 6) is -1.83. The molecular weight excluding hydrogens is 487 g/mol. The van der Waals surface area contributed by atoms with Crippen LogP contribution in [0.4, 0.5) is 0 Å². The van der Waals surface area contributed by atoms with E-state index in [4.69, 9.17) is 28.3 Å². The average molecular weight is 511 g/mol. The molecule has 2 amide bonds. The van der Waals surface area contributed by atoms with E-state index in [1.807, 2.05) is 42.5 Å². The number of carboxylic acid groups (broad SMARTS) is 1. The van der Waals surface area contributed by atoms with E-state index in [1.54, 1.807) is 30.3 Å². The number of unbranched alkanes of at least 4 members (excludes halogenated alkanes) is 1. The molecule has 0 saturated carbocycles. The van der Waals surface area contributed by atoms with E-state index in [0.29, 0.717) is 34.0 Å². The van der Waals surface area contributed by atoms with Crippen molar-refractivity contribution in [3.8, 4) is 11.1 Å². The second-order valence-electron chi connectivity index (χ2n) is 7.74. The molecule has 0 bridgehead atoms. The summed E-state index contributed by atoms with van der Waals surface area (Å²) >= 11 is 12.1. The van der Waals surface area contributed by atoms with Gasteiger partial charge in [-0.15, -0.1) is 0 Å². The van der Waals surface area contributed by atoms with E-state index in [1.165, 1.54) is 6.08 Å². The fourth-order valence-electron chi connectivity index (χ4n) is 3.26. The Bertz CT molecular complexity index is 1230. The zero-order chi connectivity index (χ0) is 25.2. The van der Waals surface area contributed by atoms with Gasteiger partial charge >= 0.3 is 5.97 Å². The Hall–Kier alpha value is -3.61. The standard InChI is InChI=1S/C27H24Cl2N2O4/c28-22-14-9-18(16-23(22)29)17-24(27(35)30-15-5-4-8-25(32)33)31-26(34)21-12-10-20(11-13-21)19-6-2-1-3-7-19/h1-3,6-7,9-14,16-17H,4-5,8,15H2,(H,30,35)(H,31,34)(H,32,33). The first-order chi connectivity index (χ1) is 16.8. The van der Waals surface area contributed by atoms with E-state index < -0.39 is 17.8 Å². The normalized spacial score (nSPS) is 11.1. The third kappa shape index (κ3) is 7.98. The Kier molecular flexibility index (Phi) is 9.47. The summed E-state index contributed by atoms with van der Waals surface area (Å²) in [5, 5.41) is 14.8. The summed E-state index contributed by atoms with van der Waals surface area (Å²) in [6.45, 7) is 0.270. The molecule has 180 valence electrons. The largest absolute Gasteiger partial charge is 0.481 e. The second-order valence-corrected chi connectivity index (χ2v) is 8.55. The van der Waals surface area contributed by atoms with E-state index in [-0.39, 0.29) is 18.7 Å². The molecule has 0 spiro atoms. The van der Waals surface area contributed by atoms with Gasteiger partial charge in [-0.3, -0.25) is 14.4 Å². The Morgan fingerprint density at radius 1 is 0.829 bits per heavy atom. The molecule has 0 aliphatic rings. The maximum absolute atomic E-state index is 12.9. The minimum absolute atomic E-state index is 0.0254. The van der Waals surface area contributed by atoms with Gasteiger partial charge in [-0.1, -0.05) is 71.7 Å². The first-order valence-electron chi connectivity index (χ1n) is 11.0. The van der Waals surface area contributed by atoms with Gasteiger partial charge in [0.15, 0.2) is 0 Å². The van der Waals surface area contributed by atoms with Crippen LogP contribution in [0.1, 0.15) is 35.2 Å². The third-order valence-corrected chi connectivity index (χ3v) is 5.84. The molecule has 0 fully saturated rings. The number of benzene rings is 3. The molecule has 8 heteroatoms. The van der Waals surface area contributed by atoms with Crippen LogP contribution in [0, 0.1) is 0 Å². The number of carbonyl (C=O) groups excluding carboxylic acids is 2. The van der Waals surface area contributed by atoms with Crippen LogP contribution >= 0.6 is 23.2 Å². The Labute approximate surface area is 213 Å². The van der Waals surface area contributed by atoms with Crippen molar-refractivity contribution in [1.82, 2.24) is 10.6 Å². The number of nitrogens with one attached hydrogen (secondary N) is 2. The monoisotopic (exact) mass is 510 g/mol. The van der Waals surface area contributed by atoms with Crippen LogP contribution in [0.15, 0.2) is 78.5 Å². The molecule has 3 N–H and O–H groups in total. The van der Waals surface area contributed by atoms with Gasteiger partial charge in [0.25, 0.3) is 11.8 Å². The lowest BCUT2D eigenvalue weighted by Crippen LogP contribution is -2.35. The quantitative estimate of drug-likeness (QED) is 0.237. The lowest BCUT2D eigenvalue weighted by atomic mass is 10.0. The Balaban J connectivity index is 1.75. The number of carboxylic acids is 1. The van der Waals surface area contributed by atoms with Crippen LogP contribution in [0.5, 0.6) is 0 Å². The Morgan fingerprint density at radius 2 is 1.51 bits per heavy atom. The van der Waals surface area contributed by atoms with Crippen LogP contribution in [0.25, 0.3) is 17.2 Å². The van der Waals surface area contributed by atoms with Crippen LogP contribution in [-0.4, -0.2) is 29.4 Å². The predicted molar refractivity (Wildman–Crippen MR) is 138 cm³/mol. The van der Waals surface area contributed by atoms with Gasteiger partial charge in [-0.05, 0) is 59.9 Å². The van der Waals surface area contributed by atoms with Crippen molar-refractivity contribution in [3.05, 3.63) is 99.7 Å². The summed E-state index contributed by atoms with van der Waals surface area (Å²) in [6.07, 6.45) is 2.46. The zero-order valence-electron chi connectivity index (χ0n) is 18.8. The highest BCUT2D eigenvalue weighted by Gasteiger charge is 2.15. The van der Waals surface area contributed by atoms with Gasteiger partial charge < -0.3 is 15.7 Å².